The number of methoxy groups -OCH3 is 1. The second-order valence-electron chi connectivity index (χ2n) is 5.86. The molecule has 6 nitrogen and oxygen atoms in total. The van der Waals surface area contributed by atoms with Gasteiger partial charge in [-0.05, 0) is 18.2 Å². The SMILES string of the molecule is COc1ccc(-c2ccc(=O)n(CC(=O)Nc3cc(F)c(F)c(F)c3)n2)c(F)c1. The smallest absolute Gasteiger partial charge is 0.267 e. The van der Waals surface area contributed by atoms with E-state index in [1.165, 1.54) is 25.3 Å². The lowest BCUT2D eigenvalue weighted by Gasteiger charge is -2.10. The van der Waals surface area contributed by atoms with Gasteiger partial charge in [-0.3, -0.25) is 9.59 Å². The fourth-order valence-corrected chi connectivity index (χ4v) is 2.50. The molecule has 0 spiro atoms. The van der Waals surface area contributed by atoms with Crippen LogP contribution in [0.3, 0.4) is 0 Å². The van der Waals surface area contributed by atoms with Crippen LogP contribution in [-0.4, -0.2) is 22.8 Å². The summed E-state index contributed by atoms with van der Waals surface area (Å²) in [6, 6.07) is 7.60. The molecule has 1 N–H and O–H groups in total. The Morgan fingerprint density at radius 2 is 1.72 bits per heavy atom. The number of hydrogen-bond acceptors (Lipinski definition) is 4. The van der Waals surface area contributed by atoms with Gasteiger partial charge in [0.25, 0.3) is 5.56 Å². The number of nitrogens with one attached hydrogen (secondary N) is 1. The van der Waals surface area contributed by atoms with Crippen LogP contribution in [0.1, 0.15) is 0 Å². The van der Waals surface area contributed by atoms with Crippen molar-refractivity contribution >= 4 is 11.6 Å². The van der Waals surface area contributed by atoms with Gasteiger partial charge in [0, 0.05) is 35.5 Å². The van der Waals surface area contributed by atoms with E-state index in [9.17, 15) is 27.2 Å². The Morgan fingerprint density at radius 1 is 1.03 bits per heavy atom. The standard InChI is InChI=1S/C19H13F4N3O3/c1-29-11-2-3-12(13(20)8-11)16-4-5-18(28)26(25-16)9-17(27)24-10-6-14(21)19(23)15(22)7-10/h2-8H,9H2,1H3,(H,24,27). The average Bonchev–Trinajstić information content (AvgIpc) is 2.67. The maximum Gasteiger partial charge on any atom is 0.267 e. The van der Waals surface area contributed by atoms with Gasteiger partial charge < -0.3 is 10.1 Å². The monoisotopic (exact) mass is 407 g/mol. The second kappa shape index (κ2) is 8.13. The highest BCUT2D eigenvalue weighted by molar-refractivity contribution is 5.90. The van der Waals surface area contributed by atoms with E-state index < -0.39 is 41.3 Å². The van der Waals surface area contributed by atoms with E-state index in [4.69, 9.17) is 4.74 Å². The van der Waals surface area contributed by atoms with Gasteiger partial charge in [-0.25, -0.2) is 22.2 Å². The minimum Gasteiger partial charge on any atom is -0.497 e. The lowest BCUT2D eigenvalue weighted by molar-refractivity contribution is -0.117. The van der Waals surface area contributed by atoms with E-state index in [1.54, 1.807) is 0 Å². The number of halogens is 4. The number of benzene rings is 2. The molecule has 0 aliphatic heterocycles. The summed E-state index contributed by atoms with van der Waals surface area (Å²) in [5.41, 5.74) is -0.842. The van der Waals surface area contributed by atoms with Crippen LogP contribution < -0.4 is 15.6 Å². The predicted molar refractivity (Wildman–Crippen MR) is 95.4 cm³/mol. The van der Waals surface area contributed by atoms with Gasteiger partial charge in [0.15, 0.2) is 17.5 Å². The number of ether oxygens (including phenoxy) is 1. The maximum absolute atomic E-state index is 14.2. The van der Waals surface area contributed by atoms with E-state index in [1.807, 2.05) is 0 Å². The molecule has 0 atom stereocenters. The minimum atomic E-state index is -1.67. The van der Waals surface area contributed by atoms with Gasteiger partial charge >= 0.3 is 0 Å². The van der Waals surface area contributed by atoms with Crippen molar-refractivity contribution in [2.24, 2.45) is 0 Å². The molecule has 3 aromatic rings. The molecule has 0 aliphatic carbocycles. The number of rotatable bonds is 5. The average molecular weight is 407 g/mol. The molecular formula is C19H13F4N3O3. The highest BCUT2D eigenvalue weighted by atomic mass is 19.2. The molecule has 29 heavy (non-hydrogen) atoms. The van der Waals surface area contributed by atoms with Gasteiger partial charge in [-0.1, -0.05) is 0 Å². The highest BCUT2D eigenvalue weighted by Crippen LogP contribution is 2.24. The van der Waals surface area contributed by atoms with Crippen LogP contribution in [-0.2, 0) is 11.3 Å². The molecule has 2 aromatic carbocycles. The Labute approximate surface area is 161 Å². The highest BCUT2D eigenvalue weighted by Gasteiger charge is 2.14. The first-order valence-electron chi connectivity index (χ1n) is 8.15. The number of aromatic nitrogens is 2. The zero-order chi connectivity index (χ0) is 21.1. The first-order valence-corrected chi connectivity index (χ1v) is 8.15. The van der Waals surface area contributed by atoms with Gasteiger partial charge in [0.2, 0.25) is 5.91 Å². The Kier molecular flexibility index (Phi) is 5.62. The lowest BCUT2D eigenvalue weighted by atomic mass is 10.1. The van der Waals surface area contributed by atoms with Crippen molar-refractivity contribution in [2.75, 3.05) is 12.4 Å². The molecule has 150 valence electrons. The number of carbonyl (C=O) groups is 1. The summed E-state index contributed by atoms with van der Waals surface area (Å²) in [6.45, 7) is -0.620. The molecule has 0 saturated carbocycles. The Balaban J connectivity index is 1.83. The molecule has 1 heterocycles. The third kappa shape index (κ3) is 4.42. The Morgan fingerprint density at radius 3 is 2.34 bits per heavy atom. The van der Waals surface area contributed by atoms with Crippen LogP contribution in [0, 0.1) is 23.3 Å². The molecule has 0 radical (unpaired) electrons. The molecular weight excluding hydrogens is 394 g/mol. The number of nitrogens with zero attached hydrogens (tertiary/aromatic N) is 2. The van der Waals surface area contributed by atoms with Crippen LogP contribution in [0.5, 0.6) is 5.75 Å². The van der Waals surface area contributed by atoms with Crippen molar-refractivity contribution in [1.82, 2.24) is 9.78 Å². The Hall–Kier alpha value is -3.69. The minimum absolute atomic E-state index is 0.0719. The largest absolute Gasteiger partial charge is 0.497 e. The topological polar surface area (TPSA) is 73.2 Å². The summed E-state index contributed by atoms with van der Waals surface area (Å²) in [7, 11) is 1.38. The molecule has 0 aliphatic rings. The van der Waals surface area contributed by atoms with E-state index in [0.29, 0.717) is 12.1 Å². The van der Waals surface area contributed by atoms with Crippen molar-refractivity contribution in [1.29, 1.82) is 0 Å². The zero-order valence-corrected chi connectivity index (χ0v) is 14.9. The lowest BCUT2D eigenvalue weighted by Crippen LogP contribution is -2.29. The third-order valence-corrected chi connectivity index (χ3v) is 3.88. The molecule has 0 bridgehead atoms. The number of hydrogen-bond donors (Lipinski definition) is 1. The van der Waals surface area contributed by atoms with Gasteiger partial charge in [-0.2, -0.15) is 5.10 Å². The molecule has 3 rings (SSSR count). The first-order chi connectivity index (χ1) is 13.8. The molecule has 10 heteroatoms. The van der Waals surface area contributed by atoms with Crippen molar-refractivity contribution in [2.45, 2.75) is 6.54 Å². The van der Waals surface area contributed by atoms with Gasteiger partial charge in [0.05, 0.1) is 12.8 Å². The molecule has 1 aromatic heterocycles. The predicted octanol–water partition coefficient (Wildman–Crippen LogP) is 3.11. The summed E-state index contributed by atoms with van der Waals surface area (Å²) in [5, 5.41) is 6.08. The van der Waals surface area contributed by atoms with Gasteiger partial charge in [-0.15, -0.1) is 0 Å². The third-order valence-electron chi connectivity index (χ3n) is 3.88. The quantitative estimate of drug-likeness (QED) is 0.521. The van der Waals surface area contributed by atoms with Crippen molar-refractivity contribution in [3.8, 4) is 17.0 Å². The summed E-state index contributed by atoms with van der Waals surface area (Å²) in [5.74, 6) is -5.84. The first kappa shape index (κ1) is 20.1. The number of anilines is 1. The van der Waals surface area contributed by atoms with E-state index in [2.05, 4.69) is 10.4 Å². The summed E-state index contributed by atoms with van der Waals surface area (Å²) >= 11 is 0. The Bertz CT molecular complexity index is 1120. The number of carbonyl (C=O) groups excluding carboxylic acids is 1. The number of amides is 1. The summed E-state index contributed by atoms with van der Waals surface area (Å²) in [4.78, 5) is 24.1. The molecule has 0 saturated heterocycles. The van der Waals surface area contributed by atoms with E-state index in [0.717, 1.165) is 16.8 Å². The fraction of sp³-hybridized carbons (Fsp3) is 0.105. The van der Waals surface area contributed by atoms with E-state index >= 15 is 0 Å². The van der Waals surface area contributed by atoms with Crippen LogP contribution in [0.2, 0.25) is 0 Å². The van der Waals surface area contributed by atoms with Gasteiger partial charge in [0.1, 0.15) is 18.1 Å². The summed E-state index contributed by atoms with van der Waals surface area (Å²) in [6.07, 6.45) is 0. The summed E-state index contributed by atoms with van der Waals surface area (Å²) < 4.78 is 59.3. The van der Waals surface area contributed by atoms with Crippen molar-refractivity contribution < 1.29 is 27.1 Å². The van der Waals surface area contributed by atoms with Crippen LogP contribution in [0.4, 0.5) is 23.2 Å². The van der Waals surface area contributed by atoms with Crippen LogP contribution in [0.25, 0.3) is 11.3 Å². The molecule has 0 unspecified atom stereocenters. The van der Waals surface area contributed by atoms with Crippen LogP contribution >= 0.6 is 0 Å². The molecule has 1 amide bonds. The van der Waals surface area contributed by atoms with E-state index in [-0.39, 0.29) is 22.7 Å². The zero-order valence-electron chi connectivity index (χ0n) is 14.9. The second-order valence-corrected chi connectivity index (χ2v) is 5.86. The van der Waals surface area contributed by atoms with Crippen LogP contribution in [0.15, 0.2) is 47.3 Å². The maximum atomic E-state index is 14.2. The molecule has 0 fully saturated rings. The van der Waals surface area contributed by atoms with Crippen molar-refractivity contribution in [3.63, 3.8) is 0 Å². The fourth-order valence-electron chi connectivity index (χ4n) is 2.50. The normalized spacial score (nSPS) is 10.7. The van der Waals surface area contributed by atoms with Crippen molar-refractivity contribution in [3.05, 3.63) is 76.1 Å².